The van der Waals surface area contributed by atoms with Crippen molar-refractivity contribution in [2.45, 2.75) is 17.0 Å². The lowest BCUT2D eigenvalue weighted by molar-refractivity contribution is 0.0693. The van der Waals surface area contributed by atoms with Crippen molar-refractivity contribution >= 4 is 33.7 Å². The maximum atomic E-state index is 11.1. The number of hydrogen-bond donors (Lipinski definition) is 1. The second-order valence-electron chi connectivity index (χ2n) is 3.59. The second-order valence-corrected chi connectivity index (χ2v) is 5.52. The summed E-state index contributed by atoms with van der Waals surface area (Å²) in [6, 6.07) is 5.00. The lowest BCUT2D eigenvalue weighted by atomic mass is 10.2. The van der Waals surface area contributed by atoms with E-state index in [2.05, 4.69) is 25.9 Å². The zero-order valence-corrected chi connectivity index (χ0v) is 11.8. The molecule has 2 aromatic rings. The van der Waals surface area contributed by atoms with Crippen LogP contribution in [0.1, 0.15) is 15.9 Å². The number of halogens is 1. The zero-order chi connectivity index (χ0) is 13.1. The van der Waals surface area contributed by atoms with Crippen molar-refractivity contribution < 1.29 is 9.90 Å². The number of nitrogens with zero attached hydrogens (tertiary/aromatic N) is 2. The first-order valence-electron chi connectivity index (χ1n) is 5.05. The molecule has 2 rings (SSSR count). The number of aromatic nitrogens is 2. The minimum Gasteiger partial charge on any atom is -0.478 e. The Morgan fingerprint density at radius 2 is 2.00 bits per heavy atom. The highest BCUT2D eigenvalue weighted by Crippen LogP contribution is 2.30. The number of hydrogen-bond acceptors (Lipinski definition) is 4. The third kappa shape index (κ3) is 3.08. The number of aromatic carboxylic acids is 1. The Morgan fingerprint density at radius 1 is 1.33 bits per heavy atom. The molecule has 1 N–H and O–H groups in total. The van der Waals surface area contributed by atoms with Crippen LogP contribution in [0.5, 0.6) is 0 Å². The van der Waals surface area contributed by atoms with Gasteiger partial charge in [0.15, 0.2) is 5.16 Å². The third-order valence-electron chi connectivity index (χ3n) is 2.13. The summed E-state index contributed by atoms with van der Waals surface area (Å²) in [5.74, 6) is -0.961. The van der Waals surface area contributed by atoms with Gasteiger partial charge in [-0.05, 0) is 42.4 Å². The largest absolute Gasteiger partial charge is 0.478 e. The molecular formula is C12H9BrN2O2S. The molecule has 1 heterocycles. The van der Waals surface area contributed by atoms with Crippen molar-refractivity contribution in [2.75, 3.05) is 0 Å². The van der Waals surface area contributed by atoms with Crippen molar-refractivity contribution in [2.24, 2.45) is 0 Å². The first kappa shape index (κ1) is 13.0. The smallest absolute Gasteiger partial charge is 0.336 e. The molecular weight excluding hydrogens is 316 g/mol. The summed E-state index contributed by atoms with van der Waals surface area (Å²) >= 11 is 4.56. The van der Waals surface area contributed by atoms with Crippen LogP contribution in [0.4, 0.5) is 0 Å². The SMILES string of the molecule is Cc1cnc(Sc2cc(Br)ccc2C(=O)O)nc1. The van der Waals surface area contributed by atoms with Gasteiger partial charge < -0.3 is 5.11 Å². The fourth-order valence-corrected chi connectivity index (χ4v) is 2.66. The number of carboxylic acids is 1. The van der Waals surface area contributed by atoms with Gasteiger partial charge in [0, 0.05) is 21.8 Å². The first-order valence-corrected chi connectivity index (χ1v) is 6.66. The minimum atomic E-state index is -0.961. The lowest BCUT2D eigenvalue weighted by Gasteiger charge is -2.05. The van der Waals surface area contributed by atoms with E-state index in [-0.39, 0.29) is 5.56 Å². The molecule has 0 aliphatic heterocycles. The van der Waals surface area contributed by atoms with Gasteiger partial charge >= 0.3 is 5.97 Å². The van der Waals surface area contributed by atoms with Crippen LogP contribution in [0, 0.1) is 6.92 Å². The van der Waals surface area contributed by atoms with Gasteiger partial charge in [-0.15, -0.1) is 0 Å². The summed E-state index contributed by atoms with van der Waals surface area (Å²) in [4.78, 5) is 20.0. The first-order chi connectivity index (χ1) is 8.56. The summed E-state index contributed by atoms with van der Waals surface area (Å²) in [5.41, 5.74) is 1.21. The number of carbonyl (C=O) groups is 1. The van der Waals surface area contributed by atoms with E-state index in [1.54, 1.807) is 30.6 Å². The molecule has 92 valence electrons. The molecule has 0 bridgehead atoms. The molecule has 6 heteroatoms. The fraction of sp³-hybridized carbons (Fsp3) is 0.0833. The Kier molecular flexibility index (Phi) is 3.98. The normalized spacial score (nSPS) is 10.3. The molecule has 18 heavy (non-hydrogen) atoms. The Labute approximate surface area is 117 Å². The Balaban J connectivity index is 2.35. The maximum Gasteiger partial charge on any atom is 0.336 e. The van der Waals surface area contributed by atoms with Gasteiger partial charge in [-0.2, -0.15) is 0 Å². The summed E-state index contributed by atoms with van der Waals surface area (Å²) in [7, 11) is 0. The van der Waals surface area contributed by atoms with Crippen LogP contribution in [-0.2, 0) is 0 Å². The van der Waals surface area contributed by atoms with Gasteiger partial charge in [0.05, 0.1) is 5.56 Å². The molecule has 0 aliphatic rings. The Hall–Kier alpha value is -1.40. The van der Waals surface area contributed by atoms with E-state index in [9.17, 15) is 4.79 Å². The van der Waals surface area contributed by atoms with Crippen molar-refractivity contribution in [1.82, 2.24) is 9.97 Å². The van der Waals surface area contributed by atoms with Crippen molar-refractivity contribution in [3.63, 3.8) is 0 Å². The molecule has 0 radical (unpaired) electrons. The van der Waals surface area contributed by atoms with E-state index in [4.69, 9.17) is 5.11 Å². The average Bonchev–Trinajstić information content (AvgIpc) is 2.32. The summed E-state index contributed by atoms with van der Waals surface area (Å²) in [6.45, 7) is 1.90. The van der Waals surface area contributed by atoms with Crippen LogP contribution in [0.25, 0.3) is 0 Å². The Bertz CT molecular complexity index is 587. The molecule has 0 spiro atoms. The minimum absolute atomic E-state index is 0.243. The van der Waals surface area contributed by atoms with Gasteiger partial charge in [-0.1, -0.05) is 15.9 Å². The van der Waals surface area contributed by atoms with E-state index in [0.717, 1.165) is 10.0 Å². The third-order valence-corrected chi connectivity index (χ3v) is 3.58. The van der Waals surface area contributed by atoms with Crippen LogP contribution in [0.15, 0.2) is 45.1 Å². The number of carboxylic acid groups (broad SMARTS) is 1. The standard InChI is InChI=1S/C12H9BrN2O2S/c1-7-5-14-12(15-6-7)18-10-4-8(13)2-3-9(10)11(16)17/h2-6H,1H3,(H,16,17). The van der Waals surface area contributed by atoms with Crippen molar-refractivity contribution in [1.29, 1.82) is 0 Å². The Morgan fingerprint density at radius 3 is 2.61 bits per heavy atom. The molecule has 0 fully saturated rings. The van der Waals surface area contributed by atoms with Crippen molar-refractivity contribution in [3.05, 3.63) is 46.2 Å². The fourth-order valence-electron chi connectivity index (χ4n) is 1.29. The van der Waals surface area contributed by atoms with E-state index in [1.165, 1.54) is 11.8 Å². The lowest BCUT2D eigenvalue weighted by Crippen LogP contribution is -1.99. The molecule has 0 unspecified atom stereocenters. The van der Waals surface area contributed by atoms with Crippen LogP contribution in [0.3, 0.4) is 0 Å². The number of benzene rings is 1. The second kappa shape index (κ2) is 5.49. The van der Waals surface area contributed by atoms with Gasteiger partial charge in [-0.25, -0.2) is 14.8 Å². The topological polar surface area (TPSA) is 63.1 Å². The highest BCUT2D eigenvalue weighted by atomic mass is 79.9. The molecule has 1 aromatic heterocycles. The van der Waals surface area contributed by atoms with Crippen LogP contribution >= 0.6 is 27.7 Å². The van der Waals surface area contributed by atoms with Gasteiger partial charge in [0.25, 0.3) is 0 Å². The number of rotatable bonds is 3. The van der Waals surface area contributed by atoms with Crippen LogP contribution in [-0.4, -0.2) is 21.0 Å². The van der Waals surface area contributed by atoms with Crippen LogP contribution < -0.4 is 0 Å². The number of aryl methyl sites for hydroxylation is 1. The van der Waals surface area contributed by atoms with Gasteiger partial charge in [0.2, 0.25) is 0 Å². The van der Waals surface area contributed by atoms with Crippen LogP contribution in [0.2, 0.25) is 0 Å². The maximum absolute atomic E-state index is 11.1. The van der Waals surface area contributed by atoms with E-state index in [0.29, 0.717) is 10.1 Å². The zero-order valence-electron chi connectivity index (χ0n) is 9.42. The van der Waals surface area contributed by atoms with Crippen molar-refractivity contribution in [3.8, 4) is 0 Å². The molecule has 0 amide bonds. The van der Waals surface area contributed by atoms with E-state index < -0.39 is 5.97 Å². The summed E-state index contributed by atoms with van der Waals surface area (Å²) in [6.07, 6.45) is 3.40. The monoisotopic (exact) mass is 324 g/mol. The molecule has 0 aliphatic carbocycles. The average molecular weight is 325 g/mol. The molecule has 1 aromatic carbocycles. The molecule has 4 nitrogen and oxygen atoms in total. The van der Waals surface area contributed by atoms with Gasteiger partial charge in [0.1, 0.15) is 0 Å². The molecule has 0 atom stereocenters. The quantitative estimate of drug-likeness (QED) is 0.877. The highest BCUT2D eigenvalue weighted by Gasteiger charge is 2.12. The highest BCUT2D eigenvalue weighted by molar-refractivity contribution is 9.10. The predicted octanol–water partition coefficient (Wildman–Crippen LogP) is 3.40. The molecule has 0 saturated carbocycles. The summed E-state index contributed by atoms with van der Waals surface area (Å²) in [5, 5.41) is 9.64. The molecule has 0 saturated heterocycles. The predicted molar refractivity (Wildman–Crippen MR) is 72.0 cm³/mol. The summed E-state index contributed by atoms with van der Waals surface area (Å²) < 4.78 is 0.821. The van der Waals surface area contributed by atoms with E-state index >= 15 is 0 Å². The van der Waals surface area contributed by atoms with Gasteiger partial charge in [-0.3, -0.25) is 0 Å². The van der Waals surface area contributed by atoms with E-state index in [1.807, 2.05) is 6.92 Å².